The molecule has 1 saturated heterocycles. The first-order valence-electron chi connectivity index (χ1n) is 11.7. The number of aryl methyl sites for hydroxylation is 1. The van der Waals surface area contributed by atoms with Crippen LogP contribution in [0, 0.1) is 5.92 Å². The Labute approximate surface area is 202 Å². The maximum absolute atomic E-state index is 13.1. The van der Waals surface area contributed by atoms with E-state index in [2.05, 4.69) is 29.3 Å². The molecule has 1 fully saturated rings. The summed E-state index contributed by atoms with van der Waals surface area (Å²) >= 11 is 0. The average Bonchev–Trinajstić information content (AvgIpc) is 2.85. The van der Waals surface area contributed by atoms with Crippen molar-refractivity contribution in [1.82, 2.24) is 14.9 Å². The highest BCUT2D eigenvalue weighted by Crippen LogP contribution is 2.24. The van der Waals surface area contributed by atoms with E-state index in [-0.39, 0.29) is 28.7 Å². The van der Waals surface area contributed by atoms with Crippen LogP contribution in [0.2, 0.25) is 0 Å². The lowest BCUT2D eigenvalue weighted by molar-refractivity contribution is -0.117. The molecular formula is C26H33N3O4S. The molecule has 3 rings (SSSR count). The number of nitrogens with zero attached hydrogens (tertiary/aromatic N) is 1. The van der Waals surface area contributed by atoms with E-state index in [9.17, 15) is 18.0 Å². The van der Waals surface area contributed by atoms with Gasteiger partial charge in [-0.15, -0.1) is 0 Å². The molecule has 2 N–H and O–H groups in total. The van der Waals surface area contributed by atoms with E-state index in [0.717, 1.165) is 19.3 Å². The molecule has 0 spiro atoms. The van der Waals surface area contributed by atoms with Gasteiger partial charge in [0.1, 0.15) is 0 Å². The first-order valence-corrected chi connectivity index (χ1v) is 13.1. The summed E-state index contributed by atoms with van der Waals surface area (Å²) in [6.45, 7) is 6.58. The first-order chi connectivity index (χ1) is 16.3. The molecule has 7 nitrogen and oxygen atoms in total. The lowest BCUT2D eigenvalue weighted by atomic mass is 9.95. The minimum Gasteiger partial charge on any atom is -0.352 e. The lowest BCUT2D eigenvalue weighted by Gasteiger charge is -2.36. The van der Waals surface area contributed by atoms with Crippen LogP contribution in [0.15, 0.2) is 72.1 Å². The van der Waals surface area contributed by atoms with Gasteiger partial charge in [-0.3, -0.25) is 9.59 Å². The fourth-order valence-electron chi connectivity index (χ4n) is 4.11. The Morgan fingerprint density at radius 3 is 2.44 bits per heavy atom. The summed E-state index contributed by atoms with van der Waals surface area (Å²) in [4.78, 5) is 24.2. The van der Waals surface area contributed by atoms with Gasteiger partial charge in [-0.1, -0.05) is 43.8 Å². The summed E-state index contributed by atoms with van der Waals surface area (Å²) < 4.78 is 27.6. The third-order valence-corrected chi connectivity index (χ3v) is 8.04. The van der Waals surface area contributed by atoms with Gasteiger partial charge in [0, 0.05) is 31.2 Å². The Hall–Kier alpha value is -2.97. The van der Waals surface area contributed by atoms with E-state index in [1.807, 2.05) is 25.1 Å². The zero-order chi connectivity index (χ0) is 24.6. The summed E-state index contributed by atoms with van der Waals surface area (Å²) in [5.74, 6) is -0.492. The van der Waals surface area contributed by atoms with E-state index in [4.69, 9.17) is 0 Å². The topological polar surface area (TPSA) is 95.6 Å². The predicted octanol–water partition coefficient (Wildman–Crippen LogP) is 3.14. The second-order valence-electron chi connectivity index (χ2n) is 8.67. The van der Waals surface area contributed by atoms with Gasteiger partial charge in [0.15, 0.2) is 0 Å². The summed E-state index contributed by atoms with van der Waals surface area (Å²) in [5, 5.41) is 5.76. The number of benzene rings is 2. The largest absolute Gasteiger partial charge is 0.352 e. The fourth-order valence-corrected chi connectivity index (χ4v) is 5.67. The number of unbranched alkanes of at least 4 members (excludes halogenated alkanes) is 1. The summed E-state index contributed by atoms with van der Waals surface area (Å²) in [6, 6.07) is 16.2. The van der Waals surface area contributed by atoms with E-state index in [1.54, 1.807) is 12.1 Å². The highest BCUT2D eigenvalue weighted by atomic mass is 32.2. The molecule has 1 aliphatic rings. The molecule has 0 aliphatic carbocycles. The Kier molecular flexibility index (Phi) is 9.01. The van der Waals surface area contributed by atoms with Crippen molar-refractivity contribution in [3.05, 3.63) is 78.4 Å². The van der Waals surface area contributed by atoms with Gasteiger partial charge in [0.25, 0.3) is 5.91 Å². The average molecular weight is 484 g/mol. The molecule has 2 aromatic rings. The van der Waals surface area contributed by atoms with Crippen LogP contribution in [0.25, 0.3) is 0 Å². The Morgan fingerprint density at radius 1 is 1.09 bits per heavy atom. The standard InChI is InChI=1S/C26H33N3O4S/c1-3-25(30)28-24-16-18-29(19-20(24)2)34(32,33)23-14-12-22(13-15-23)26(31)27-17-8-7-11-21-9-5-4-6-10-21/h3-6,9-10,12-15,20,24H,1,7-8,11,16-19H2,2H3,(H,27,31)(H,28,30). The summed E-state index contributed by atoms with van der Waals surface area (Å²) in [7, 11) is -3.68. The molecule has 0 bridgehead atoms. The summed E-state index contributed by atoms with van der Waals surface area (Å²) in [5.41, 5.74) is 1.71. The molecule has 2 amide bonds. The normalized spacial score (nSPS) is 18.7. The number of rotatable bonds is 10. The minimum absolute atomic E-state index is 0.0284. The molecule has 2 aromatic carbocycles. The molecule has 1 aliphatic heterocycles. The predicted molar refractivity (Wildman–Crippen MR) is 133 cm³/mol. The molecular weight excluding hydrogens is 450 g/mol. The van der Waals surface area contributed by atoms with Crippen LogP contribution in [-0.2, 0) is 21.2 Å². The van der Waals surface area contributed by atoms with Gasteiger partial charge in [-0.2, -0.15) is 4.31 Å². The van der Waals surface area contributed by atoms with Gasteiger partial charge in [-0.25, -0.2) is 8.42 Å². The lowest BCUT2D eigenvalue weighted by Crippen LogP contribution is -2.51. The van der Waals surface area contributed by atoms with Crippen molar-refractivity contribution >= 4 is 21.8 Å². The molecule has 0 aromatic heterocycles. The number of sulfonamides is 1. The number of carbonyl (C=O) groups excluding carboxylic acids is 2. The van der Waals surface area contributed by atoms with Gasteiger partial charge >= 0.3 is 0 Å². The molecule has 2 atom stereocenters. The zero-order valence-electron chi connectivity index (χ0n) is 19.6. The molecule has 182 valence electrons. The van der Waals surface area contributed by atoms with Crippen molar-refractivity contribution in [2.45, 2.75) is 43.5 Å². The van der Waals surface area contributed by atoms with Crippen molar-refractivity contribution in [3.63, 3.8) is 0 Å². The molecule has 34 heavy (non-hydrogen) atoms. The Morgan fingerprint density at radius 2 is 1.79 bits per heavy atom. The van der Waals surface area contributed by atoms with Gasteiger partial charge in [0.05, 0.1) is 4.90 Å². The molecule has 0 saturated carbocycles. The highest BCUT2D eigenvalue weighted by molar-refractivity contribution is 7.89. The van der Waals surface area contributed by atoms with E-state index in [1.165, 1.54) is 28.1 Å². The number of hydrogen-bond donors (Lipinski definition) is 2. The van der Waals surface area contributed by atoms with E-state index < -0.39 is 10.0 Å². The number of nitrogens with one attached hydrogen (secondary N) is 2. The Bertz CT molecular complexity index is 1080. The van der Waals surface area contributed by atoms with Crippen molar-refractivity contribution < 1.29 is 18.0 Å². The summed E-state index contributed by atoms with van der Waals surface area (Å²) in [6.07, 6.45) is 4.57. The number of carbonyl (C=O) groups is 2. The maximum atomic E-state index is 13.1. The first kappa shape index (κ1) is 25.6. The second-order valence-corrected chi connectivity index (χ2v) is 10.6. The fraction of sp³-hybridized carbons (Fsp3) is 0.385. The van der Waals surface area contributed by atoms with Crippen LogP contribution < -0.4 is 10.6 Å². The smallest absolute Gasteiger partial charge is 0.251 e. The van der Waals surface area contributed by atoms with Crippen LogP contribution in [-0.4, -0.2) is 50.2 Å². The third-order valence-electron chi connectivity index (χ3n) is 6.16. The van der Waals surface area contributed by atoms with Crippen LogP contribution >= 0.6 is 0 Å². The molecule has 0 radical (unpaired) electrons. The van der Waals surface area contributed by atoms with Crippen LogP contribution in [0.1, 0.15) is 42.1 Å². The van der Waals surface area contributed by atoms with Crippen LogP contribution in [0.3, 0.4) is 0 Å². The number of piperidine rings is 1. The number of hydrogen-bond acceptors (Lipinski definition) is 4. The molecule has 1 heterocycles. The van der Waals surface area contributed by atoms with Crippen LogP contribution in [0.4, 0.5) is 0 Å². The van der Waals surface area contributed by atoms with Gasteiger partial charge < -0.3 is 10.6 Å². The van der Waals surface area contributed by atoms with Crippen molar-refractivity contribution in [2.24, 2.45) is 5.92 Å². The molecule has 2 unspecified atom stereocenters. The zero-order valence-corrected chi connectivity index (χ0v) is 20.4. The monoisotopic (exact) mass is 483 g/mol. The SMILES string of the molecule is C=CC(=O)NC1CCN(S(=O)(=O)c2ccc(C(=O)NCCCCc3ccccc3)cc2)CC1C. The van der Waals surface area contributed by atoms with Crippen molar-refractivity contribution in [1.29, 1.82) is 0 Å². The van der Waals surface area contributed by atoms with Crippen LogP contribution in [0.5, 0.6) is 0 Å². The number of amides is 2. The third kappa shape index (κ3) is 6.77. The van der Waals surface area contributed by atoms with E-state index in [0.29, 0.717) is 31.6 Å². The minimum atomic E-state index is -3.68. The highest BCUT2D eigenvalue weighted by Gasteiger charge is 2.34. The molecule has 8 heteroatoms. The Balaban J connectivity index is 1.49. The van der Waals surface area contributed by atoms with Gasteiger partial charge in [0.2, 0.25) is 15.9 Å². The van der Waals surface area contributed by atoms with Crippen molar-refractivity contribution in [2.75, 3.05) is 19.6 Å². The van der Waals surface area contributed by atoms with Crippen molar-refractivity contribution in [3.8, 4) is 0 Å². The quantitative estimate of drug-likeness (QED) is 0.401. The van der Waals surface area contributed by atoms with E-state index >= 15 is 0 Å². The maximum Gasteiger partial charge on any atom is 0.251 e. The van der Waals surface area contributed by atoms with Gasteiger partial charge in [-0.05, 0) is 67.5 Å². The second kappa shape index (κ2) is 11.9.